The number of imide groups is 1. The molecule has 1 fully saturated rings. The molecule has 142 valence electrons. The number of hydrogen-bond donors (Lipinski definition) is 2. The molecular weight excluding hydrogens is 350 g/mol. The van der Waals surface area contributed by atoms with Gasteiger partial charge >= 0.3 is 6.03 Å². The highest BCUT2D eigenvalue weighted by Crippen LogP contribution is 2.20. The first-order chi connectivity index (χ1) is 12.8. The van der Waals surface area contributed by atoms with Crippen LogP contribution in [0.1, 0.15) is 30.3 Å². The molecule has 1 atom stereocenters. The molecule has 0 spiro atoms. The number of carbonyl (C=O) groups is 3. The molecule has 2 heterocycles. The number of aromatic nitrogens is 2. The van der Waals surface area contributed by atoms with E-state index in [2.05, 4.69) is 15.6 Å². The van der Waals surface area contributed by atoms with Crippen molar-refractivity contribution in [2.24, 2.45) is 0 Å². The lowest BCUT2D eigenvalue weighted by Gasteiger charge is -2.24. The summed E-state index contributed by atoms with van der Waals surface area (Å²) in [5.41, 5.74) is 0.923. The lowest BCUT2D eigenvalue weighted by molar-refractivity contribution is -0.135. The van der Waals surface area contributed by atoms with Gasteiger partial charge in [-0.15, -0.1) is 0 Å². The van der Waals surface area contributed by atoms with Crippen molar-refractivity contribution >= 4 is 28.7 Å². The van der Waals surface area contributed by atoms with E-state index in [-0.39, 0.29) is 36.9 Å². The Balaban J connectivity index is 1.99. The van der Waals surface area contributed by atoms with Crippen LogP contribution in [-0.4, -0.2) is 46.4 Å². The van der Waals surface area contributed by atoms with Crippen LogP contribution in [0.15, 0.2) is 23.0 Å². The van der Waals surface area contributed by atoms with E-state index >= 15 is 0 Å². The molecule has 2 aromatic rings. The van der Waals surface area contributed by atoms with E-state index in [1.807, 2.05) is 0 Å². The average Bonchev–Trinajstić information content (AvgIpc) is 2.61. The summed E-state index contributed by atoms with van der Waals surface area (Å²) in [5.74, 6) is -0.419. The van der Waals surface area contributed by atoms with E-state index in [0.717, 1.165) is 5.56 Å². The number of rotatable bonds is 3. The van der Waals surface area contributed by atoms with Crippen molar-refractivity contribution in [2.75, 3.05) is 14.1 Å². The maximum absolute atomic E-state index is 13.0. The minimum atomic E-state index is -0.760. The van der Waals surface area contributed by atoms with Crippen LogP contribution in [0.4, 0.5) is 4.79 Å². The third-order valence-electron chi connectivity index (χ3n) is 4.51. The summed E-state index contributed by atoms with van der Waals surface area (Å²) >= 11 is 0. The van der Waals surface area contributed by atoms with Gasteiger partial charge in [0.15, 0.2) is 0 Å². The van der Waals surface area contributed by atoms with Crippen LogP contribution in [-0.2, 0) is 16.1 Å². The summed E-state index contributed by atoms with van der Waals surface area (Å²) in [5, 5.41) is 5.37. The second-order valence-electron chi connectivity index (χ2n) is 6.71. The van der Waals surface area contributed by atoms with Gasteiger partial charge < -0.3 is 10.2 Å². The number of aryl methyl sites for hydroxylation is 1. The van der Waals surface area contributed by atoms with Gasteiger partial charge in [-0.05, 0) is 31.0 Å². The zero-order valence-electron chi connectivity index (χ0n) is 15.4. The van der Waals surface area contributed by atoms with Gasteiger partial charge in [-0.25, -0.2) is 9.78 Å². The molecule has 1 aliphatic rings. The Morgan fingerprint density at radius 3 is 2.74 bits per heavy atom. The summed E-state index contributed by atoms with van der Waals surface area (Å²) < 4.78 is 1.34. The Labute approximate surface area is 155 Å². The first-order valence-corrected chi connectivity index (χ1v) is 8.58. The van der Waals surface area contributed by atoms with Gasteiger partial charge in [0.25, 0.3) is 5.56 Å². The number of benzene rings is 1. The summed E-state index contributed by atoms with van der Waals surface area (Å²) in [6, 6.07) is 4.18. The maximum Gasteiger partial charge on any atom is 0.317 e. The Bertz CT molecular complexity index is 995. The molecule has 1 aromatic heterocycles. The fraction of sp³-hybridized carbons (Fsp3) is 0.389. The molecule has 27 heavy (non-hydrogen) atoms. The lowest BCUT2D eigenvalue weighted by atomic mass is 10.0. The molecule has 9 heteroatoms. The van der Waals surface area contributed by atoms with E-state index in [1.165, 1.54) is 9.47 Å². The van der Waals surface area contributed by atoms with Gasteiger partial charge in [0.1, 0.15) is 11.9 Å². The highest BCUT2D eigenvalue weighted by Gasteiger charge is 2.30. The van der Waals surface area contributed by atoms with Crippen LogP contribution in [0.5, 0.6) is 0 Å². The van der Waals surface area contributed by atoms with E-state index in [4.69, 9.17) is 0 Å². The van der Waals surface area contributed by atoms with E-state index in [0.29, 0.717) is 16.7 Å². The molecule has 0 radical (unpaired) electrons. The van der Waals surface area contributed by atoms with Crippen LogP contribution < -0.4 is 16.2 Å². The molecule has 1 aliphatic heterocycles. The Hall–Kier alpha value is -3.23. The van der Waals surface area contributed by atoms with Crippen molar-refractivity contribution in [1.29, 1.82) is 0 Å². The third kappa shape index (κ3) is 3.67. The lowest BCUT2D eigenvalue weighted by Crippen LogP contribution is -2.45. The fourth-order valence-electron chi connectivity index (χ4n) is 3.10. The zero-order valence-corrected chi connectivity index (χ0v) is 15.4. The van der Waals surface area contributed by atoms with Crippen molar-refractivity contribution in [3.8, 4) is 0 Å². The van der Waals surface area contributed by atoms with E-state index < -0.39 is 11.9 Å². The summed E-state index contributed by atoms with van der Waals surface area (Å²) in [6.07, 6.45) is 0.439. The number of urea groups is 1. The maximum atomic E-state index is 13.0. The standard InChI is InChI=1S/C18H21N5O4/c1-10-20-13-5-4-11(9-19-18(27)22(2)3)8-12(13)17(26)23(10)14-6-7-15(24)21-16(14)25/h4-5,8,14H,6-7,9H2,1-3H3,(H,19,27)(H,21,24,25)/t14-/m1/s1. The van der Waals surface area contributed by atoms with Crippen molar-refractivity contribution in [3.05, 3.63) is 39.9 Å². The molecule has 4 amide bonds. The molecule has 0 aliphatic carbocycles. The average molecular weight is 371 g/mol. The summed E-state index contributed by atoms with van der Waals surface area (Å²) in [4.78, 5) is 54.1. The highest BCUT2D eigenvalue weighted by molar-refractivity contribution is 5.99. The monoisotopic (exact) mass is 371 g/mol. The van der Waals surface area contributed by atoms with E-state index in [9.17, 15) is 19.2 Å². The minimum absolute atomic E-state index is 0.178. The van der Waals surface area contributed by atoms with Crippen LogP contribution in [0.25, 0.3) is 10.9 Å². The van der Waals surface area contributed by atoms with Gasteiger partial charge in [-0.2, -0.15) is 0 Å². The molecule has 0 saturated carbocycles. The molecule has 9 nitrogen and oxygen atoms in total. The largest absolute Gasteiger partial charge is 0.334 e. The second-order valence-corrected chi connectivity index (χ2v) is 6.71. The number of fused-ring (bicyclic) bond motifs is 1. The van der Waals surface area contributed by atoms with Crippen LogP contribution in [0, 0.1) is 6.92 Å². The first kappa shape index (κ1) is 18.6. The molecular formula is C18H21N5O4. The van der Waals surface area contributed by atoms with Crippen molar-refractivity contribution < 1.29 is 14.4 Å². The topological polar surface area (TPSA) is 113 Å². The number of hydrogen-bond acceptors (Lipinski definition) is 5. The SMILES string of the molecule is Cc1nc2ccc(CNC(=O)N(C)C)cc2c(=O)n1[C@@H]1CCC(=O)NC1=O. The van der Waals surface area contributed by atoms with Crippen LogP contribution in [0.3, 0.4) is 0 Å². The number of carbonyl (C=O) groups excluding carboxylic acids is 3. The smallest absolute Gasteiger partial charge is 0.317 e. The molecule has 0 unspecified atom stereocenters. The van der Waals surface area contributed by atoms with Crippen LogP contribution in [0.2, 0.25) is 0 Å². The predicted octanol–water partition coefficient (Wildman–Crippen LogP) is 0.454. The third-order valence-corrected chi connectivity index (χ3v) is 4.51. The van der Waals surface area contributed by atoms with Crippen molar-refractivity contribution in [1.82, 2.24) is 25.1 Å². The second kappa shape index (κ2) is 7.18. The number of amides is 4. The Morgan fingerprint density at radius 2 is 2.07 bits per heavy atom. The van der Waals surface area contributed by atoms with E-state index in [1.54, 1.807) is 39.2 Å². The van der Waals surface area contributed by atoms with Gasteiger partial charge in [0.05, 0.1) is 10.9 Å². The van der Waals surface area contributed by atoms with Crippen LogP contribution >= 0.6 is 0 Å². The minimum Gasteiger partial charge on any atom is -0.334 e. The Kier molecular flexibility index (Phi) is 4.93. The quantitative estimate of drug-likeness (QED) is 0.761. The number of nitrogens with zero attached hydrogens (tertiary/aromatic N) is 3. The predicted molar refractivity (Wildman–Crippen MR) is 98.1 cm³/mol. The molecule has 1 saturated heterocycles. The van der Waals surface area contributed by atoms with Gasteiger partial charge in [-0.3, -0.25) is 24.3 Å². The van der Waals surface area contributed by atoms with Crippen molar-refractivity contribution in [3.63, 3.8) is 0 Å². The van der Waals surface area contributed by atoms with Crippen molar-refractivity contribution in [2.45, 2.75) is 32.4 Å². The molecule has 1 aromatic carbocycles. The molecule has 2 N–H and O–H groups in total. The fourth-order valence-corrected chi connectivity index (χ4v) is 3.10. The summed E-state index contributed by atoms with van der Waals surface area (Å²) in [7, 11) is 3.28. The molecule has 0 bridgehead atoms. The normalized spacial score (nSPS) is 16.9. The zero-order chi connectivity index (χ0) is 19.7. The van der Waals surface area contributed by atoms with Gasteiger partial charge in [0.2, 0.25) is 11.8 Å². The Morgan fingerprint density at radius 1 is 1.33 bits per heavy atom. The summed E-state index contributed by atoms with van der Waals surface area (Å²) in [6.45, 7) is 1.93. The van der Waals surface area contributed by atoms with Gasteiger partial charge in [-0.1, -0.05) is 6.07 Å². The van der Waals surface area contributed by atoms with Gasteiger partial charge in [0, 0.05) is 27.1 Å². The highest BCUT2D eigenvalue weighted by atomic mass is 16.2. The first-order valence-electron chi connectivity index (χ1n) is 8.58. The molecule has 3 rings (SSSR count). The number of piperidine rings is 1. The number of nitrogens with one attached hydrogen (secondary N) is 2.